The summed E-state index contributed by atoms with van der Waals surface area (Å²) in [5, 5.41) is 7.97. The molecule has 0 radical (unpaired) electrons. The SMILES string of the molecule is CCCc1cccc(P(c2ccccc2)c2ccccc2)c1Nc1ccccc1C. The summed E-state index contributed by atoms with van der Waals surface area (Å²) in [5.74, 6) is 0. The van der Waals surface area contributed by atoms with E-state index >= 15 is 0 Å². The molecule has 0 aliphatic heterocycles. The zero-order chi connectivity index (χ0) is 20.8. The third kappa shape index (κ3) is 4.48. The van der Waals surface area contributed by atoms with Crippen molar-refractivity contribution in [3.8, 4) is 0 Å². The van der Waals surface area contributed by atoms with Crippen molar-refractivity contribution in [2.45, 2.75) is 26.7 Å². The lowest BCUT2D eigenvalue weighted by molar-refractivity contribution is 0.924. The fourth-order valence-electron chi connectivity index (χ4n) is 3.82. The van der Waals surface area contributed by atoms with Gasteiger partial charge in [-0.25, -0.2) is 0 Å². The second kappa shape index (κ2) is 9.74. The first-order valence-corrected chi connectivity index (χ1v) is 12.0. The van der Waals surface area contributed by atoms with E-state index in [0.717, 1.165) is 12.8 Å². The van der Waals surface area contributed by atoms with Gasteiger partial charge in [0, 0.05) is 11.0 Å². The van der Waals surface area contributed by atoms with Crippen LogP contribution in [0.4, 0.5) is 11.4 Å². The summed E-state index contributed by atoms with van der Waals surface area (Å²) in [6, 6.07) is 37.2. The van der Waals surface area contributed by atoms with Crippen molar-refractivity contribution < 1.29 is 0 Å². The molecule has 1 nitrogen and oxygen atoms in total. The molecule has 0 unspecified atom stereocenters. The molecule has 4 aromatic carbocycles. The second-order valence-electron chi connectivity index (χ2n) is 7.51. The van der Waals surface area contributed by atoms with Gasteiger partial charge < -0.3 is 5.32 Å². The molecule has 1 N–H and O–H groups in total. The predicted molar refractivity (Wildman–Crippen MR) is 134 cm³/mol. The minimum Gasteiger partial charge on any atom is -0.355 e. The Morgan fingerprint density at radius 3 is 1.87 bits per heavy atom. The number of benzene rings is 4. The molecule has 0 spiro atoms. The first-order valence-electron chi connectivity index (χ1n) is 10.6. The second-order valence-corrected chi connectivity index (χ2v) is 9.69. The Kier molecular flexibility index (Phi) is 6.62. The van der Waals surface area contributed by atoms with E-state index in [1.165, 1.54) is 38.4 Å². The molecule has 2 heteroatoms. The van der Waals surface area contributed by atoms with Gasteiger partial charge >= 0.3 is 0 Å². The first-order chi connectivity index (χ1) is 14.8. The molecule has 0 bridgehead atoms. The maximum Gasteiger partial charge on any atom is 0.0501 e. The average molecular weight is 410 g/mol. The van der Waals surface area contributed by atoms with Crippen LogP contribution in [0.5, 0.6) is 0 Å². The summed E-state index contributed by atoms with van der Waals surface area (Å²) in [5.41, 5.74) is 5.10. The van der Waals surface area contributed by atoms with Crippen molar-refractivity contribution in [2.75, 3.05) is 5.32 Å². The number of nitrogens with one attached hydrogen (secondary N) is 1. The Morgan fingerprint density at radius 2 is 1.27 bits per heavy atom. The van der Waals surface area contributed by atoms with E-state index < -0.39 is 7.92 Å². The van der Waals surface area contributed by atoms with Crippen molar-refractivity contribution in [3.05, 3.63) is 114 Å². The third-order valence-corrected chi connectivity index (χ3v) is 7.81. The van der Waals surface area contributed by atoms with Crippen LogP contribution in [-0.2, 0) is 6.42 Å². The molecule has 0 aliphatic rings. The highest BCUT2D eigenvalue weighted by atomic mass is 31.1. The van der Waals surface area contributed by atoms with E-state index in [-0.39, 0.29) is 0 Å². The predicted octanol–water partition coefficient (Wildman–Crippen LogP) is 6.45. The van der Waals surface area contributed by atoms with Crippen molar-refractivity contribution in [3.63, 3.8) is 0 Å². The maximum atomic E-state index is 3.83. The number of aryl methyl sites for hydroxylation is 2. The summed E-state index contributed by atoms with van der Waals surface area (Å²) in [6.07, 6.45) is 2.19. The van der Waals surface area contributed by atoms with Gasteiger partial charge in [0.1, 0.15) is 0 Å². The van der Waals surface area contributed by atoms with Crippen LogP contribution < -0.4 is 21.2 Å². The molecule has 0 heterocycles. The van der Waals surface area contributed by atoms with E-state index in [2.05, 4.69) is 122 Å². The third-order valence-electron chi connectivity index (χ3n) is 5.32. The van der Waals surface area contributed by atoms with Gasteiger partial charge in [-0.1, -0.05) is 110 Å². The van der Waals surface area contributed by atoms with Crippen LogP contribution in [-0.4, -0.2) is 0 Å². The molecular formula is C28H28NP. The van der Waals surface area contributed by atoms with Gasteiger partial charge in [0.15, 0.2) is 0 Å². The van der Waals surface area contributed by atoms with Crippen molar-refractivity contribution >= 4 is 35.2 Å². The molecule has 30 heavy (non-hydrogen) atoms. The van der Waals surface area contributed by atoms with E-state index in [1.807, 2.05) is 0 Å². The Balaban J connectivity index is 1.91. The number of rotatable bonds is 7. The van der Waals surface area contributed by atoms with Gasteiger partial charge in [-0.15, -0.1) is 0 Å². The van der Waals surface area contributed by atoms with Crippen LogP contribution in [0.3, 0.4) is 0 Å². The van der Waals surface area contributed by atoms with Crippen molar-refractivity contribution in [2.24, 2.45) is 0 Å². The number of anilines is 2. The fourth-order valence-corrected chi connectivity index (χ4v) is 6.28. The molecule has 0 atom stereocenters. The number of para-hydroxylation sites is 2. The molecule has 4 rings (SSSR count). The molecule has 0 fully saturated rings. The highest BCUT2D eigenvalue weighted by Gasteiger charge is 2.21. The first kappa shape index (κ1) is 20.4. The smallest absolute Gasteiger partial charge is 0.0501 e. The van der Waals surface area contributed by atoms with Crippen LogP contribution in [0.15, 0.2) is 103 Å². The van der Waals surface area contributed by atoms with Crippen molar-refractivity contribution in [1.29, 1.82) is 0 Å². The molecule has 0 saturated carbocycles. The van der Waals surface area contributed by atoms with Gasteiger partial charge in [-0.3, -0.25) is 0 Å². The standard InChI is InChI=1S/C28H28NP/c1-3-13-23-15-12-21-27(28(23)29-26-20-11-10-14-22(26)2)30(24-16-6-4-7-17-24)25-18-8-5-9-19-25/h4-12,14-21,29H,3,13H2,1-2H3. The van der Waals surface area contributed by atoms with Gasteiger partial charge in [-0.05, 0) is 49.1 Å². The van der Waals surface area contributed by atoms with Gasteiger partial charge in [0.05, 0.1) is 5.69 Å². The molecule has 0 aliphatic carbocycles. The van der Waals surface area contributed by atoms with Crippen LogP contribution in [0.2, 0.25) is 0 Å². The highest BCUT2D eigenvalue weighted by Crippen LogP contribution is 2.38. The molecule has 0 amide bonds. The maximum absolute atomic E-state index is 3.83. The summed E-state index contributed by atoms with van der Waals surface area (Å²) < 4.78 is 0. The molecule has 4 aromatic rings. The zero-order valence-corrected chi connectivity index (χ0v) is 18.6. The van der Waals surface area contributed by atoms with Crippen LogP contribution in [0.25, 0.3) is 0 Å². The molecule has 150 valence electrons. The lowest BCUT2D eigenvalue weighted by atomic mass is 10.1. The van der Waals surface area contributed by atoms with Crippen LogP contribution in [0, 0.1) is 6.92 Å². The lowest BCUT2D eigenvalue weighted by Gasteiger charge is -2.25. The summed E-state index contributed by atoms with van der Waals surface area (Å²) in [4.78, 5) is 0. The van der Waals surface area contributed by atoms with Crippen LogP contribution in [0.1, 0.15) is 24.5 Å². The number of hydrogen-bond acceptors (Lipinski definition) is 1. The quantitative estimate of drug-likeness (QED) is 0.346. The monoisotopic (exact) mass is 409 g/mol. The zero-order valence-electron chi connectivity index (χ0n) is 17.7. The summed E-state index contributed by atoms with van der Waals surface area (Å²) >= 11 is 0. The van der Waals surface area contributed by atoms with Gasteiger partial charge in [0.25, 0.3) is 0 Å². The van der Waals surface area contributed by atoms with Gasteiger partial charge in [-0.2, -0.15) is 0 Å². The Bertz CT molecular complexity index is 1050. The van der Waals surface area contributed by atoms with Gasteiger partial charge in [0.2, 0.25) is 0 Å². The molecule has 0 aromatic heterocycles. The van der Waals surface area contributed by atoms with E-state index in [9.17, 15) is 0 Å². The Morgan fingerprint density at radius 1 is 0.667 bits per heavy atom. The van der Waals surface area contributed by atoms with Crippen molar-refractivity contribution in [1.82, 2.24) is 0 Å². The number of hydrogen-bond donors (Lipinski definition) is 1. The minimum absolute atomic E-state index is 0.662. The lowest BCUT2D eigenvalue weighted by Crippen LogP contribution is -2.23. The average Bonchev–Trinajstić information content (AvgIpc) is 2.79. The summed E-state index contributed by atoms with van der Waals surface area (Å²) in [6.45, 7) is 4.42. The largest absolute Gasteiger partial charge is 0.355 e. The Hall–Kier alpha value is -2.89. The minimum atomic E-state index is -0.662. The van der Waals surface area contributed by atoms with E-state index in [0.29, 0.717) is 0 Å². The topological polar surface area (TPSA) is 12.0 Å². The van der Waals surface area contributed by atoms with E-state index in [4.69, 9.17) is 0 Å². The highest BCUT2D eigenvalue weighted by molar-refractivity contribution is 7.80. The van der Waals surface area contributed by atoms with E-state index in [1.54, 1.807) is 0 Å². The van der Waals surface area contributed by atoms with Crippen LogP contribution >= 0.6 is 7.92 Å². The normalized spacial score (nSPS) is 10.9. The molecule has 0 saturated heterocycles. The summed E-state index contributed by atoms with van der Waals surface area (Å²) in [7, 11) is -0.662. The fraction of sp³-hybridized carbons (Fsp3) is 0.143. The Labute approximate surface area is 181 Å². The molecular weight excluding hydrogens is 381 g/mol.